The maximum Gasteiger partial charge on any atom is 0.242 e. The average molecular weight is 495 g/mol. The van der Waals surface area contributed by atoms with Crippen molar-refractivity contribution in [3.8, 4) is 0 Å². The minimum absolute atomic E-state index is 0. The Labute approximate surface area is 169 Å². The van der Waals surface area contributed by atoms with Crippen molar-refractivity contribution in [1.29, 1.82) is 0 Å². The highest BCUT2D eigenvalue weighted by molar-refractivity contribution is 14.0. The Balaban J connectivity index is 0.00000312. The van der Waals surface area contributed by atoms with Gasteiger partial charge >= 0.3 is 0 Å². The third-order valence-electron chi connectivity index (χ3n) is 2.97. The summed E-state index contributed by atoms with van der Waals surface area (Å²) in [7, 11) is -3.53. The first kappa shape index (κ1) is 21.8. The van der Waals surface area contributed by atoms with Crippen molar-refractivity contribution < 1.29 is 8.42 Å². The Bertz CT molecular complexity index is 737. The molecule has 0 saturated carbocycles. The molecular weight excluding hydrogens is 473 g/mol. The van der Waals surface area contributed by atoms with E-state index in [0.717, 1.165) is 6.54 Å². The number of nitrogens with zero attached hydrogens (tertiary/aromatic N) is 2. The van der Waals surface area contributed by atoms with Crippen LogP contribution >= 0.6 is 35.3 Å². The number of aromatic nitrogens is 1. The number of sulfonamides is 1. The van der Waals surface area contributed by atoms with Crippen LogP contribution in [0.25, 0.3) is 0 Å². The smallest absolute Gasteiger partial charge is 0.242 e. The van der Waals surface area contributed by atoms with Gasteiger partial charge in [-0.3, -0.25) is 4.98 Å². The summed E-state index contributed by atoms with van der Waals surface area (Å²) in [4.78, 5) is 9.61. The second-order valence-electron chi connectivity index (χ2n) is 4.79. The molecule has 2 aromatic rings. The molecule has 0 aliphatic heterocycles. The summed E-state index contributed by atoms with van der Waals surface area (Å²) in [6.07, 6.45) is 2.86. The molecule has 2 heterocycles. The molecule has 0 atom stereocenters. The molecule has 3 N–H and O–H groups in total. The maximum absolute atomic E-state index is 12.1. The van der Waals surface area contributed by atoms with E-state index in [9.17, 15) is 8.42 Å². The summed E-state index contributed by atoms with van der Waals surface area (Å²) in [6, 6.07) is 7.12. The lowest BCUT2D eigenvalue weighted by atomic mass is 10.5. The normalized spacial score (nSPS) is 11.6. The summed E-state index contributed by atoms with van der Waals surface area (Å²) < 4.78 is 26.7. The van der Waals surface area contributed by atoms with Gasteiger partial charge in [-0.2, -0.15) is 0 Å². The molecule has 0 radical (unpaired) electrons. The van der Waals surface area contributed by atoms with E-state index in [4.69, 9.17) is 0 Å². The summed E-state index contributed by atoms with van der Waals surface area (Å²) in [5.74, 6) is 0.659. The number of hydrogen-bond acceptors (Lipinski definition) is 5. The first-order valence-electron chi connectivity index (χ1n) is 7.56. The van der Waals surface area contributed by atoms with Crippen LogP contribution in [0.4, 0.5) is 0 Å². The quantitative estimate of drug-likeness (QED) is 0.225. The lowest BCUT2D eigenvalue weighted by molar-refractivity contribution is 0.580. The van der Waals surface area contributed by atoms with Crippen molar-refractivity contribution in [3.63, 3.8) is 0 Å². The summed E-state index contributed by atoms with van der Waals surface area (Å²) in [5, 5.41) is 8.25. The Morgan fingerprint density at radius 1 is 1.24 bits per heavy atom. The zero-order valence-corrected chi connectivity index (χ0v) is 17.8. The van der Waals surface area contributed by atoms with Gasteiger partial charge in [0.15, 0.2) is 5.96 Å². The average Bonchev–Trinajstić information content (AvgIpc) is 3.11. The number of guanidine groups is 1. The van der Waals surface area contributed by atoms with Gasteiger partial charge in [0, 0.05) is 36.9 Å². The number of nitrogens with one attached hydrogen (secondary N) is 3. The van der Waals surface area contributed by atoms with E-state index in [2.05, 4.69) is 25.3 Å². The zero-order chi connectivity index (χ0) is 17.3. The van der Waals surface area contributed by atoms with Crippen LogP contribution in [0.3, 0.4) is 0 Å². The Hall–Kier alpha value is -1.24. The molecular formula is C15H22IN5O2S2. The topological polar surface area (TPSA) is 95.5 Å². The van der Waals surface area contributed by atoms with E-state index in [1.807, 2.05) is 24.4 Å². The number of aliphatic imine (C=N–C) groups is 1. The van der Waals surface area contributed by atoms with Gasteiger partial charge in [0.05, 0.1) is 6.54 Å². The zero-order valence-electron chi connectivity index (χ0n) is 13.8. The van der Waals surface area contributed by atoms with Crippen molar-refractivity contribution >= 4 is 51.3 Å². The van der Waals surface area contributed by atoms with Crippen molar-refractivity contribution in [2.45, 2.75) is 18.4 Å². The van der Waals surface area contributed by atoms with Crippen molar-refractivity contribution in [2.24, 2.45) is 4.99 Å². The molecule has 0 amide bonds. The van der Waals surface area contributed by atoms with Crippen LogP contribution < -0.4 is 15.4 Å². The number of pyridine rings is 1. The van der Waals surface area contributed by atoms with Gasteiger partial charge < -0.3 is 10.6 Å². The van der Waals surface area contributed by atoms with Crippen LogP contribution in [0.2, 0.25) is 0 Å². The van der Waals surface area contributed by atoms with Gasteiger partial charge in [-0.1, -0.05) is 6.07 Å². The van der Waals surface area contributed by atoms with E-state index in [-0.39, 0.29) is 35.4 Å². The van der Waals surface area contributed by atoms with E-state index < -0.39 is 10.0 Å². The summed E-state index contributed by atoms with van der Waals surface area (Å²) in [6.45, 7) is 3.98. The molecule has 25 heavy (non-hydrogen) atoms. The molecule has 0 saturated heterocycles. The first-order chi connectivity index (χ1) is 11.6. The fraction of sp³-hybridized carbons (Fsp3) is 0.333. The summed E-state index contributed by atoms with van der Waals surface area (Å²) in [5.41, 5.74) is 0. The standard InChI is InChI=1S/C15H21N5O2S2.HI/c1-2-17-15(19-11-13-5-4-10-23-13)18-8-9-20-24(21,22)14-6-3-7-16-12-14;/h3-7,10,12,20H,2,8-9,11H2,1H3,(H2,17,18,19);1H. The molecule has 2 aromatic heterocycles. The highest BCUT2D eigenvalue weighted by Gasteiger charge is 2.12. The fourth-order valence-electron chi connectivity index (χ4n) is 1.86. The number of thiophene rings is 1. The van der Waals surface area contributed by atoms with Crippen molar-refractivity contribution in [3.05, 3.63) is 46.9 Å². The van der Waals surface area contributed by atoms with Crippen molar-refractivity contribution in [2.75, 3.05) is 19.6 Å². The largest absolute Gasteiger partial charge is 0.357 e. The SMILES string of the molecule is CCNC(=NCc1cccs1)NCCNS(=O)(=O)c1cccnc1.I. The molecule has 0 aromatic carbocycles. The lowest BCUT2D eigenvalue weighted by Gasteiger charge is -2.11. The second-order valence-corrected chi connectivity index (χ2v) is 7.59. The predicted octanol–water partition coefficient (Wildman–Crippen LogP) is 1.79. The fourth-order valence-corrected chi connectivity index (χ4v) is 3.48. The number of hydrogen-bond donors (Lipinski definition) is 3. The molecule has 0 spiro atoms. The van der Waals surface area contributed by atoms with Gasteiger partial charge in [0.2, 0.25) is 10.0 Å². The molecule has 0 aliphatic carbocycles. The van der Waals surface area contributed by atoms with Gasteiger partial charge in [-0.15, -0.1) is 35.3 Å². The third kappa shape index (κ3) is 7.67. The van der Waals surface area contributed by atoms with Gasteiger partial charge in [0.25, 0.3) is 0 Å². The van der Waals surface area contributed by atoms with Crippen LogP contribution in [0, 0.1) is 0 Å². The van der Waals surface area contributed by atoms with Gasteiger partial charge in [-0.05, 0) is 30.5 Å². The van der Waals surface area contributed by atoms with E-state index >= 15 is 0 Å². The predicted molar refractivity (Wildman–Crippen MR) is 112 cm³/mol. The van der Waals surface area contributed by atoms with Crippen LogP contribution in [-0.2, 0) is 16.6 Å². The molecule has 0 unspecified atom stereocenters. The van der Waals surface area contributed by atoms with E-state index in [0.29, 0.717) is 19.0 Å². The van der Waals surface area contributed by atoms with E-state index in [1.54, 1.807) is 17.4 Å². The van der Waals surface area contributed by atoms with Crippen LogP contribution in [0.1, 0.15) is 11.8 Å². The Morgan fingerprint density at radius 3 is 2.72 bits per heavy atom. The molecule has 0 aliphatic rings. The minimum Gasteiger partial charge on any atom is -0.357 e. The number of rotatable bonds is 8. The molecule has 2 rings (SSSR count). The molecule has 0 fully saturated rings. The minimum atomic E-state index is -3.53. The van der Waals surface area contributed by atoms with E-state index in [1.165, 1.54) is 23.3 Å². The van der Waals surface area contributed by atoms with Crippen LogP contribution in [-0.4, -0.2) is 39.0 Å². The lowest BCUT2D eigenvalue weighted by Crippen LogP contribution is -2.41. The van der Waals surface area contributed by atoms with Crippen LogP contribution in [0.5, 0.6) is 0 Å². The third-order valence-corrected chi connectivity index (χ3v) is 5.28. The van der Waals surface area contributed by atoms with Crippen molar-refractivity contribution in [1.82, 2.24) is 20.3 Å². The maximum atomic E-state index is 12.1. The van der Waals surface area contributed by atoms with Crippen LogP contribution in [0.15, 0.2) is 51.9 Å². The second kappa shape index (κ2) is 11.4. The Morgan fingerprint density at radius 2 is 2.08 bits per heavy atom. The molecule has 10 heteroatoms. The van der Waals surface area contributed by atoms with Gasteiger partial charge in [-0.25, -0.2) is 18.1 Å². The highest BCUT2D eigenvalue weighted by Crippen LogP contribution is 2.09. The highest BCUT2D eigenvalue weighted by atomic mass is 127. The molecule has 138 valence electrons. The molecule has 0 bridgehead atoms. The molecule has 7 nitrogen and oxygen atoms in total. The summed E-state index contributed by atoms with van der Waals surface area (Å²) >= 11 is 1.65. The monoisotopic (exact) mass is 495 g/mol. The first-order valence-corrected chi connectivity index (χ1v) is 9.92. The number of halogens is 1. The van der Waals surface area contributed by atoms with Gasteiger partial charge in [0.1, 0.15) is 4.90 Å². The Kier molecular flexibility index (Phi) is 9.93.